The number of hydrogen-bond acceptors (Lipinski definition) is 4. The van der Waals surface area contributed by atoms with Crippen LogP contribution in [0, 0.1) is 5.92 Å². The van der Waals surface area contributed by atoms with Gasteiger partial charge in [-0.1, -0.05) is 6.07 Å². The lowest BCUT2D eigenvalue weighted by molar-refractivity contribution is -0.122. The van der Waals surface area contributed by atoms with Crippen LogP contribution in [0.3, 0.4) is 0 Å². The van der Waals surface area contributed by atoms with Gasteiger partial charge in [-0.05, 0) is 55.3 Å². The van der Waals surface area contributed by atoms with Crippen molar-refractivity contribution in [1.82, 2.24) is 0 Å². The van der Waals surface area contributed by atoms with E-state index in [1.807, 2.05) is 0 Å². The molecule has 1 fully saturated rings. The second kappa shape index (κ2) is 7.81. The minimum Gasteiger partial charge on any atom is -0.457 e. The van der Waals surface area contributed by atoms with Crippen LogP contribution in [0.2, 0.25) is 0 Å². The monoisotopic (exact) mass is 340 g/mol. The van der Waals surface area contributed by atoms with Gasteiger partial charge in [-0.15, -0.1) is 0 Å². The Morgan fingerprint density at radius 1 is 1.04 bits per heavy atom. The first-order valence-electron chi connectivity index (χ1n) is 8.18. The Balaban J connectivity index is 1.61. The smallest absolute Gasteiger partial charge is 0.248 e. The van der Waals surface area contributed by atoms with Gasteiger partial charge in [0.25, 0.3) is 0 Å². The van der Waals surface area contributed by atoms with Crippen molar-refractivity contribution in [3.63, 3.8) is 0 Å². The minimum atomic E-state index is -0.503. The van der Waals surface area contributed by atoms with Crippen molar-refractivity contribution in [3.8, 4) is 11.5 Å². The van der Waals surface area contributed by atoms with Crippen LogP contribution in [0.5, 0.6) is 11.5 Å². The number of rotatable bonds is 5. The zero-order chi connectivity index (χ0) is 17.6. The maximum absolute atomic E-state index is 12.2. The molecule has 0 aromatic heterocycles. The molecule has 1 aliphatic rings. The number of nitrogens with one attached hydrogen (secondary N) is 1. The fourth-order valence-corrected chi connectivity index (χ4v) is 2.66. The SMILES string of the molecule is NC(=O)c1cccc(Oc2ccc(NC(=O)C3CCOCC3)cc2)c1. The zero-order valence-corrected chi connectivity index (χ0v) is 13.7. The van der Waals surface area contributed by atoms with Crippen LogP contribution >= 0.6 is 0 Å². The van der Waals surface area contributed by atoms with Gasteiger partial charge < -0.3 is 20.5 Å². The first kappa shape index (κ1) is 17.0. The molecule has 1 heterocycles. The van der Waals surface area contributed by atoms with Gasteiger partial charge in [0.15, 0.2) is 0 Å². The van der Waals surface area contributed by atoms with Gasteiger partial charge >= 0.3 is 0 Å². The summed E-state index contributed by atoms with van der Waals surface area (Å²) in [5, 5.41) is 2.92. The highest BCUT2D eigenvalue weighted by Crippen LogP contribution is 2.24. The van der Waals surface area contributed by atoms with E-state index in [0.29, 0.717) is 30.3 Å². The van der Waals surface area contributed by atoms with Crippen molar-refractivity contribution in [1.29, 1.82) is 0 Å². The summed E-state index contributed by atoms with van der Waals surface area (Å²) in [5.74, 6) is 0.643. The predicted molar refractivity (Wildman–Crippen MR) is 93.6 cm³/mol. The molecule has 0 unspecified atom stereocenters. The van der Waals surface area contributed by atoms with Gasteiger partial charge in [-0.3, -0.25) is 9.59 Å². The van der Waals surface area contributed by atoms with E-state index >= 15 is 0 Å². The average molecular weight is 340 g/mol. The van der Waals surface area contributed by atoms with Gasteiger partial charge in [0.1, 0.15) is 11.5 Å². The maximum Gasteiger partial charge on any atom is 0.248 e. The number of carbonyl (C=O) groups is 2. The molecule has 0 radical (unpaired) electrons. The summed E-state index contributed by atoms with van der Waals surface area (Å²) in [4.78, 5) is 23.4. The molecule has 0 aliphatic carbocycles. The number of nitrogens with two attached hydrogens (primary N) is 1. The third-order valence-corrected chi connectivity index (χ3v) is 4.07. The number of carbonyl (C=O) groups excluding carboxylic acids is 2. The molecule has 130 valence electrons. The second-order valence-corrected chi connectivity index (χ2v) is 5.89. The van der Waals surface area contributed by atoms with Crippen LogP contribution in [0.25, 0.3) is 0 Å². The fourth-order valence-electron chi connectivity index (χ4n) is 2.66. The Bertz CT molecular complexity index is 752. The molecule has 6 nitrogen and oxygen atoms in total. The van der Waals surface area contributed by atoms with Crippen LogP contribution in [0.4, 0.5) is 5.69 Å². The molecule has 3 rings (SSSR count). The highest BCUT2D eigenvalue weighted by Gasteiger charge is 2.21. The number of benzene rings is 2. The highest BCUT2D eigenvalue weighted by molar-refractivity contribution is 5.93. The van der Waals surface area contributed by atoms with Gasteiger partial charge in [0, 0.05) is 30.4 Å². The molecular formula is C19H20N2O4. The van der Waals surface area contributed by atoms with E-state index in [0.717, 1.165) is 18.5 Å². The molecule has 3 N–H and O–H groups in total. The molecule has 2 aromatic rings. The van der Waals surface area contributed by atoms with Crippen molar-refractivity contribution in [3.05, 3.63) is 54.1 Å². The Morgan fingerprint density at radius 3 is 2.44 bits per heavy atom. The van der Waals surface area contributed by atoms with Gasteiger partial charge in [-0.25, -0.2) is 0 Å². The van der Waals surface area contributed by atoms with Crippen LogP contribution in [-0.4, -0.2) is 25.0 Å². The molecule has 0 bridgehead atoms. The highest BCUT2D eigenvalue weighted by atomic mass is 16.5. The summed E-state index contributed by atoms with van der Waals surface area (Å²) in [6.07, 6.45) is 1.51. The molecule has 0 spiro atoms. The standard InChI is InChI=1S/C19H20N2O4/c20-18(22)14-2-1-3-17(12-14)25-16-6-4-15(5-7-16)21-19(23)13-8-10-24-11-9-13/h1-7,12-13H,8-11H2,(H2,20,22)(H,21,23). The summed E-state index contributed by atoms with van der Waals surface area (Å²) in [5.41, 5.74) is 6.37. The largest absolute Gasteiger partial charge is 0.457 e. The van der Waals surface area contributed by atoms with Crippen LogP contribution in [0.1, 0.15) is 23.2 Å². The van der Waals surface area contributed by atoms with Crippen molar-refractivity contribution < 1.29 is 19.1 Å². The molecular weight excluding hydrogens is 320 g/mol. The summed E-state index contributed by atoms with van der Waals surface area (Å²) in [6.45, 7) is 1.27. The minimum absolute atomic E-state index is 0.00113. The lowest BCUT2D eigenvalue weighted by Gasteiger charge is -2.21. The van der Waals surface area contributed by atoms with Gasteiger partial charge in [0.05, 0.1) is 0 Å². The summed E-state index contributed by atoms with van der Waals surface area (Å²) in [7, 11) is 0. The van der Waals surface area contributed by atoms with Crippen molar-refractivity contribution in [2.24, 2.45) is 11.7 Å². The summed E-state index contributed by atoms with van der Waals surface area (Å²) in [6, 6.07) is 13.8. The maximum atomic E-state index is 12.2. The van der Waals surface area contributed by atoms with E-state index < -0.39 is 5.91 Å². The first-order chi connectivity index (χ1) is 12.1. The van der Waals surface area contributed by atoms with Crippen molar-refractivity contribution in [2.45, 2.75) is 12.8 Å². The molecule has 25 heavy (non-hydrogen) atoms. The number of ether oxygens (including phenoxy) is 2. The van der Waals surface area contributed by atoms with Crippen molar-refractivity contribution in [2.75, 3.05) is 18.5 Å². The zero-order valence-electron chi connectivity index (χ0n) is 13.7. The van der Waals surface area contributed by atoms with E-state index in [9.17, 15) is 9.59 Å². The van der Waals surface area contributed by atoms with E-state index in [2.05, 4.69) is 5.32 Å². The lowest BCUT2D eigenvalue weighted by Crippen LogP contribution is -2.28. The molecule has 2 aromatic carbocycles. The third-order valence-electron chi connectivity index (χ3n) is 4.07. The molecule has 0 atom stereocenters. The van der Waals surface area contributed by atoms with Crippen LogP contribution < -0.4 is 15.8 Å². The lowest BCUT2D eigenvalue weighted by atomic mass is 9.99. The topological polar surface area (TPSA) is 90.7 Å². The van der Waals surface area contributed by atoms with Crippen molar-refractivity contribution >= 4 is 17.5 Å². The Morgan fingerprint density at radius 2 is 1.76 bits per heavy atom. The number of amides is 2. The van der Waals surface area contributed by atoms with Crippen LogP contribution in [-0.2, 0) is 9.53 Å². The predicted octanol–water partition coefficient (Wildman–Crippen LogP) is 2.94. The van der Waals surface area contributed by atoms with Gasteiger partial charge in [0.2, 0.25) is 11.8 Å². The molecule has 6 heteroatoms. The molecule has 1 saturated heterocycles. The second-order valence-electron chi connectivity index (χ2n) is 5.89. The van der Waals surface area contributed by atoms with E-state index in [-0.39, 0.29) is 11.8 Å². The summed E-state index contributed by atoms with van der Waals surface area (Å²) >= 11 is 0. The quantitative estimate of drug-likeness (QED) is 0.875. The fraction of sp³-hybridized carbons (Fsp3) is 0.263. The number of hydrogen-bond donors (Lipinski definition) is 2. The molecule has 2 amide bonds. The van der Waals surface area contributed by atoms with Gasteiger partial charge in [-0.2, -0.15) is 0 Å². The normalized spacial score (nSPS) is 14.7. The van der Waals surface area contributed by atoms with E-state index in [1.165, 1.54) is 0 Å². The van der Waals surface area contributed by atoms with E-state index in [4.69, 9.17) is 15.2 Å². The van der Waals surface area contributed by atoms with Crippen LogP contribution in [0.15, 0.2) is 48.5 Å². The average Bonchev–Trinajstić information content (AvgIpc) is 2.64. The Hall–Kier alpha value is -2.86. The third kappa shape index (κ3) is 4.58. The number of anilines is 1. The Kier molecular flexibility index (Phi) is 5.30. The summed E-state index contributed by atoms with van der Waals surface area (Å²) < 4.78 is 11.0. The van der Waals surface area contributed by atoms with E-state index in [1.54, 1.807) is 48.5 Å². The molecule has 0 saturated carbocycles. The molecule has 1 aliphatic heterocycles. The first-order valence-corrected chi connectivity index (χ1v) is 8.18. The number of primary amides is 1. The Labute approximate surface area is 145 Å².